The maximum absolute atomic E-state index is 13.1. The van der Waals surface area contributed by atoms with Gasteiger partial charge in [0.05, 0.1) is 22.5 Å². The number of ketones is 1. The van der Waals surface area contributed by atoms with Gasteiger partial charge in [0.1, 0.15) is 19.3 Å². The minimum atomic E-state index is -1.31. The lowest BCUT2D eigenvalue weighted by Crippen LogP contribution is -2.56. The van der Waals surface area contributed by atoms with Crippen LogP contribution < -0.4 is 5.32 Å². The molecule has 0 aromatic heterocycles. The summed E-state index contributed by atoms with van der Waals surface area (Å²) < 4.78 is 18.5. The monoisotopic (exact) mass is 517 g/mol. The summed E-state index contributed by atoms with van der Waals surface area (Å²) in [7, 11) is 0. The van der Waals surface area contributed by atoms with Crippen LogP contribution in [-0.2, 0) is 25.7 Å². The third-order valence-corrected chi connectivity index (χ3v) is 6.46. The van der Waals surface area contributed by atoms with Crippen LogP contribution >= 0.6 is 23.2 Å². The molecule has 1 aliphatic heterocycles. The fourth-order valence-corrected chi connectivity index (χ4v) is 4.09. The van der Waals surface area contributed by atoms with Crippen molar-refractivity contribution >= 4 is 46.9 Å². The Labute approximate surface area is 208 Å². The molecule has 3 amide bonds. The zero-order chi connectivity index (χ0) is 25.3. The maximum Gasteiger partial charge on any atom is 0.410 e. The first kappa shape index (κ1) is 27.9. The predicted molar refractivity (Wildman–Crippen MR) is 126 cm³/mol. The Morgan fingerprint density at radius 2 is 1.88 bits per heavy atom. The number of ether oxygens (including phenoxy) is 1. The molecule has 1 heterocycles. The van der Waals surface area contributed by atoms with Crippen LogP contribution in [0.2, 0.25) is 10.0 Å². The Kier molecular flexibility index (Phi) is 11.0. The molecule has 1 aliphatic rings. The second kappa shape index (κ2) is 13.5. The van der Waals surface area contributed by atoms with Gasteiger partial charge >= 0.3 is 6.09 Å². The molecule has 2 rings (SSSR count). The number of benzene rings is 1. The number of carbonyl (C=O) groups excluding carboxylic acids is 4. The molecule has 0 spiro atoms. The molecule has 0 radical (unpaired) electrons. The number of likely N-dealkylation sites (tertiary alicyclic amines) is 1. The molecule has 1 unspecified atom stereocenters. The number of piperidine rings is 1. The largest absolute Gasteiger partial charge is 0.445 e. The molecule has 1 aromatic rings. The predicted octanol–water partition coefficient (Wildman–Crippen LogP) is 3.77. The number of nitrogens with one attached hydrogen (secondary N) is 1. The van der Waals surface area contributed by atoms with Crippen LogP contribution in [0.3, 0.4) is 0 Å². The Morgan fingerprint density at radius 1 is 1.18 bits per heavy atom. The summed E-state index contributed by atoms with van der Waals surface area (Å²) >= 11 is 11.9. The molecule has 11 heteroatoms. The number of hydrogen-bond donors (Lipinski definition) is 1. The van der Waals surface area contributed by atoms with Gasteiger partial charge in [-0.2, -0.15) is 0 Å². The van der Waals surface area contributed by atoms with Crippen LogP contribution in [0.15, 0.2) is 18.2 Å². The van der Waals surface area contributed by atoms with Gasteiger partial charge in [-0.15, -0.1) is 0 Å². The van der Waals surface area contributed by atoms with E-state index in [-0.39, 0.29) is 18.9 Å². The third-order valence-electron chi connectivity index (χ3n) is 5.72. The molecule has 0 bridgehead atoms. The van der Waals surface area contributed by atoms with Gasteiger partial charge in [-0.25, -0.2) is 9.18 Å². The fourth-order valence-electron chi connectivity index (χ4n) is 3.77. The molecule has 34 heavy (non-hydrogen) atoms. The van der Waals surface area contributed by atoms with Gasteiger partial charge < -0.3 is 15.0 Å². The highest BCUT2D eigenvalue weighted by molar-refractivity contribution is 6.42. The lowest BCUT2D eigenvalue weighted by Gasteiger charge is -2.34. The molecule has 0 saturated carbocycles. The second-order valence-electron chi connectivity index (χ2n) is 7.94. The first-order chi connectivity index (χ1) is 16.2. The van der Waals surface area contributed by atoms with Crippen molar-refractivity contribution in [1.82, 2.24) is 15.1 Å². The highest BCUT2D eigenvalue weighted by Crippen LogP contribution is 2.24. The zero-order valence-corrected chi connectivity index (χ0v) is 20.8. The number of hydrogen-bond acceptors (Lipinski definition) is 5. The van der Waals surface area contributed by atoms with Crippen LogP contribution in [0.1, 0.15) is 45.1 Å². The van der Waals surface area contributed by atoms with Crippen molar-refractivity contribution in [1.29, 1.82) is 0 Å². The molecule has 8 nitrogen and oxygen atoms in total. The number of nitrogens with zero attached hydrogens (tertiary/aromatic N) is 2. The standard InChI is InChI=1S/C23H30Cl2FN3O5/c1-3-28(4-2)21(31)12-18(20(30)13-26)27-22(32)19-7-5-6-10-29(19)23(33)34-14-15-8-9-16(24)17(25)11-15/h8-9,11,18-19H,3-7,10,12-14H2,1-2H3,(H,27,32)/t18?,19-/m0/s1. The van der Waals surface area contributed by atoms with E-state index in [2.05, 4.69) is 5.32 Å². The minimum Gasteiger partial charge on any atom is -0.445 e. The molecule has 2 atom stereocenters. The van der Waals surface area contributed by atoms with E-state index in [9.17, 15) is 23.6 Å². The number of rotatable bonds is 10. The van der Waals surface area contributed by atoms with Gasteiger partial charge in [-0.1, -0.05) is 29.3 Å². The van der Waals surface area contributed by atoms with Crippen molar-refractivity contribution in [3.8, 4) is 0 Å². The lowest BCUT2D eigenvalue weighted by molar-refractivity contribution is -0.136. The van der Waals surface area contributed by atoms with Crippen molar-refractivity contribution in [3.05, 3.63) is 33.8 Å². The van der Waals surface area contributed by atoms with Gasteiger partial charge in [0.2, 0.25) is 11.8 Å². The number of alkyl halides is 1. The number of carbonyl (C=O) groups is 4. The molecule has 0 aliphatic carbocycles. The molecular formula is C23H30Cl2FN3O5. The van der Waals surface area contributed by atoms with E-state index in [0.29, 0.717) is 54.5 Å². The molecule has 1 fully saturated rings. The summed E-state index contributed by atoms with van der Waals surface area (Å²) in [6.45, 7) is 3.35. The van der Waals surface area contributed by atoms with Gasteiger partial charge in [0.25, 0.3) is 0 Å². The van der Waals surface area contributed by atoms with Gasteiger partial charge in [0, 0.05) is 19.6 Å². The van der Waals surface area contributed by atoms with E-state index < -0.39 is 36.5 Å². The number of amides is 3. The average molecular weight is 518 g/mol. The van der Waals surface area contributed by atoms with Gasteiger partial charge in [-0.05, 0) is 50.8 Å². The van der Waals surface area contributed by atoms with Crippen LogP contribution in [0.4, 0.5) is 9.18 Å². The topological polar surface area (TPSA) is 96.0 Å². The van der Waals surface area contributed by atoms with E-state index in [1.54, 1.807) is 32.0 Å². The van der Waals surface area contributed by atoms with Crippen molar-refractivity contribution in [3.63, 3.8) is 0 Å². The molecular weight excluding hydrogens is 488 g/mol. The Hall–Kier alpha value is -2.39. The summed E-state index contributed by atoms with van der Waals surface area (Å²) in [5.74, 6) is -1.87. The molecule has 1 saturated heterocycles. The summed E-state index contributed by atoms with van der Waals surface area (Å²) in [5, 5.41) is 3.19. The maximum atomic E-state index is 13.1. The molecule has 1 aromatic carbocycles. The summed E-state index contributed by atoms with van der Waals surface area (Å²) in [4.78, 5) is 53.1. The lowest BCUT2D eigenvalue weighted by atomic mass is 10.0. The van der Waals surface area contributed by atoms with Crippen LogP contribution in [-0.4, -0.2) is 71.9 Å². The Morgan fingerprint density at radius 3 is 2.50 bits per heavy atom. The smallest absolute Gasteiger partial charge is 0.410 e. The first-order valence-electron chi connectivity index (χ1n) is 11.3. The average Bonchev–Trinajstić information content (AvgIpc) is 2.84. The Balaban J connectivity index is 2.06. The number of Topliss-reactive ketones (excluding diaryl/α,β-unsaturated/α-hetero) is 1. The van der Waals surface area contributed by atoms with Crippen LogP contribution in [0, 0.1) is 0 Å². The van der Waals surface area contributed by atoms with E-state index in [0.717, 1.165) is 0 Å². The van der Waals surface area contributed by atoms with E-state index in [4.69, 9.17) is 27.9 Å². The van der Waals surface area contributed by atoms with Crippen molar-refractivity contribution in [2.45, 2.75) is 58.2 Å². The summed E-state index contributed by atoms with van der Waals surface area (Å²) in [6, 6.07) is 2.64. The third kappa shape index (κ3) is 7.56. The fraction of sp³-hybridized carbons (Fsp3) is 0.565. The number of halogens is 3. The summed E-state index contributed by atoms with van der Waals surface area (Å²) in [5.41, 5.74) is 0.629. The molecule has 188 valence electrons. The zero-order valence-electron chi connectivity index (χ0n) is 19.3. The van der Waals surface area contributed by atoms with Gasteiger partial charge in [0.15, 0.2) is 5.78 Å². The van der Waals surface area contributed by atoms with E-state index >= 15 is 0 Å². The quantitative estimate of drug-likeness (QED) is 0.509. The highest BCUT2D eigenvalue weighted by Gasteiger charge is 2.35. The minimum absolute atomic E-state index is 0.0676. The normalized spacial score (nSPS) is 16.5. The van der Waals surface area contributed by atoms with E-state index in [1.165, 1.54) is 9.80 Å². The van der Waals surface area contributed by atoms with Crippen LogP contribution in [0.25, 0.3) is 0 Å². The van der Waals surface area contributed by atoms with Crippen molar-refractivity contribution in [2.75, 3.05) is 26.3 Å². The second-order valence-corrected chi connectivity index (χ2v) is 8.75. The van der Waals surface area contributed by atoms with Crippen molar-refractivity contribution < 1.29 is 28.3 Å². The van der Waals surface area contributed by atoms with E-state index in [1.807, 2.05) is 0 Å². The SMILES string of the molecule is CCN(CC)C(=O)CC(NC(=O)[C@@H]1CCCCN1C(=O)OCc1ccc(Cl)c(Cl)c1)C(=O)CF. The Bertz CT molecular complexity index is 897. The summed E-state index contributed by atoms with van der Waals surface area (Å²) in [6.07, 6.45) is 0.686. The molecule has 1 N–H and O–H groups in total. The van der Waals surface area contributed by atoms with Crippen LogP contribution in [0.5, 0.6) is 0 Å². The van der Waals surface area contributed by atoms with Crippen molar-refractivity contribution in [2.24, 2.45) is 0 Å². The van der Waals surface area contributed by atoms with Gasteiger partial charge in [-0.3, -0.25) is 19.3 Å². The first-order valence-corrected chi connectivity index (χ1v) is 12.0. The highest BCUT2D eigenvalue weighted by atomic mass is 35.5.